The van der Waals surface area contributed by atoms with E-state index in [0.29, 0.717) is 0 Å². The number of aryl methyl sites for hydroxylation is 1. The molecule has 0 radical (unpaired) electrons. The number of fused-ring (bicyclic) bond motifs is 3. The second kappa shape index (κ2) is 8.17. The molecule has 0 N–H and O–H groups in total. The lowest BCUT2D eigenvalue weighted by molar-refractivity contribution is 1.02. The molecule has 0 atom stereocenters. The quantitative estimate of drug-likeness (QED) is 0.247. The van der Waals surface area contributed by atoms with Gasteiger partial charge < -0.3 is 0 Å². The number of benzene rings is 5. The molecule has 0 saturated carbocycles. The molecule has 0 aliphatic rings. The van der Waals surface area contributed by atoms with Crippen LogP contribution in [0.2, 0.25) is 0 Å². The first-order valence-electron chi connectivity index (χ1n) is 12.2. The smallest absolute Gasteiger partial charge is 0.111 e. The molecular formula is C33H23N3. The van der Waals surface area contributed by atoms with Crippen LogP contribution < -0.4 is 0 Å². The highest BCUT2D eigenvalue weighted by atomic mass is 15.1. The lowest BCUT2D eigenvalue weighted by atomic mass is 9.90. The Hall–Kier alpha value is -4.76. The molecule has 0 aliphatic heterocycles. The minimum absolute atomic E-state index is 0.983. The number of pyridine rings is 1. The van der Waals surface area contributed by atoms with Crippen molar-refractivity contribution in [3.05, 3.63) is 127 Å². The number of rotatable bonds is 3. The molecule has 170 valence electrons. The monoisotopic (exact) mass is 461 g/mol. The lowest BCUT2D eigenvalue weighted by Crippen LogP contribution is -2.01. The number of nitrogens with zero attached hydrogens (tertiary/aromatic N) is 3. The molecule has 2 heterocycles. The van der Waals surface area contributed by atoms with E-state index in [1.54, 1.807) is 0 Å². The third-order valence-electron chi connectivity index (χ3n) is 6.99. The minimum atomic E-state index is 0.983. The van der Waals surface area contributed by atoms with Gasteiger partial charge in [-0.3, -0.25) is 9.55 Å². The van der Waals surface area contributed by atoms with E-state index in [-0.39, 0.29) is 0 Å². The zero-order valence-electron chi connectivity index (χ0n) is 19.9. The topological polar surface area (TPSA) is 30.7 Å². The third kappa shape index (κ3) is 3.14. The van der Waals surface area contributed by atoms with Gasteiger partial charge in [0.15, 0.2) is 0 Å². The Morgan fingerprint density at radius 1 is 0.556 bits per heavy atom. The number of imidazole rings is 1. The molecule has 0 bridgehead atoms. The predicted molar refractivity (Wildman–Crippen MR) is 149 cm³/mol. The average Bonchev–Trinajstić information content (AvgIpc) is 3.27. The number of hydrogen-bond donors (Lipinski definition) is 0. The van der Waals surface area contributed by atoms with E-state index in [4.69, 9.17) is 4.98 Å². The van der Waals surface area contributed by atoms with Gasteiger partial charge >= 0.3 is 0 Å². The van der Waals surface area contributed by atoms with Crippen LogP contribution in [0.5, 0.6) is 0 Å². The van der Waals surface area contributed by atoms with Crippen molar-refractivity contribution in [1.82, 2.24) is 14.5 Å². The largest absolute Gasteiger partial charge is 0.295 e. The standard InChI is InChI=1S/C33H23N3/c1-22-35-30-15-6-7-16-31(30)36(22)33-27-12-4-2-10-25(27)32(26-11-3-5-13-28(26)33)24-19-17-23(18-20-24)29-14-8-9-21-34-29/h2-21H,1H3. The van der Waals surface area contributed by atoms with Gasteiger partial charge in [0.1, 0.15) is 5.82 Å². The maximum atomic E-state index is 4.88. The van der Waals surface area contributed by atoms with Crippen LogP contribution in [0.15, 0.2) is 121 Å². The highest BCUT2D eigenvalue weighted by molar-refractivity contribution is 6.18. The van der Waals surface area contributed by atoms with Crippen molar-refractivity contribution in [2.45, 2.75) is 6.92 Å². The Bertz CT molecular complexity index is 1820. The van der Waals surface area contributed by atoms with Crippen molar-refractivity contribution in [3.63, 3.8) is 0 Å². The summed E-state index contributed by atoms with van der Waals surface area (Å²) in [7, 11) is 0. The molecule has 7 rings (SSSR count). The summed E-state index contributed by atoms with van der Waals surface area (Å²) >= 11 is 0. The molecule has 0 spiro atoms. The van der Waals surface area contributed by atoms with Gasteiger partial charge in [0.05, 0.1) is 22.4 Å². The fourth-order valence-electron chi connectivity index (χ4n) is 5.43. The van der Waals surface area contributed by atoms with Crippen molar-refractivity contribution in [3.8, 4) is 28.1 Å². The molecule has 2 aromatic heterocycles. The SMILES string of the molecule is Cc1nc2ccccc2n1-c1c2ccccc2c(-c2ccc(-c3ccccn3)cc2)c2ccccc12. The van der Waals surface area contributed by atoms with E-state index in [1.165, 1.54) is 38.4 Å². The first-order valence-corrected chi connectivity index (χ1v) is 12.2. The summed E-state index contributed by atoms with van der Waals surface area (Å²) < 4.78 is 2.31. The first kappa shape index (κ1) is 20.6. The molecular weight excluding hydrogens is 438 g/mol. The van der Waals surface area contributed by atoms with Crippen molar-refractivity contribution >= 4 is 32.6 Å². The van der Waals surface area contributed by atoms with Gasteiger partial charge in [-0.1, -0.05) is 91.0 Å². The molecule has 36 heavy (non-hydrogen) atoms. The summed E-state index contributed by atoms with van der Waals surface area (Å²) in [6, 6.07) is 40.6. The molecule has 0 amide bonds. The summed E-state index contributed by atoms with van der Waals surface area (Å²) in [5.41, 5.74) is 7.86. The van der Waals surface area contributed by atoms with Gasteiger partial charge in [-0.15, -0.1) is 0 Å². The van der Waals surface area contributed by atoms with Gasteiger partial charge in [0.2, 0.25) is 0 Å². The molecule has 0 unspecified atom stereocenters. The number of hydrogen-bond acceptors (Lipinski definition) is 2. The van der Waals surface area contributed by atoms with E-state index >= 15 is 0 Å². The van der Waals surface area contributed by atoms with Crippen molar-refractivity contribution in [2.24, 2.45) is 0 Å². The summed E-state index contributed by atoms with van der Waals surface area (Å²) in [5, 5.41) is 4.89. The molecule has 5 aromatic carbocycles. The van der Waals surface area contributed by atoms with Crippen LogP contribution in [0.3, 0.4) is 0 Å². The van der Waals surface area contributed by atoms with Crippen molar-refractivity contribution in [1.29, 1.82) is 0 Å². The predicted octanol–water partition coefficient (Wildman–Crippen LogP) is 8.37. The fraction of sp³-hybridized carbons (Fsp3) is 0.0303. The summed E-state index contributed by atoms with van der Waals surface area (Å²) in [6.07, 6.45) is 1.84. The van der Waals surface area contributed by atoms with Crippen LogP contribution in [-0.4, -0.2) is 14.5 Å². The van der Waals surface area contributed by atoms with Gasteiger partial charge in [0.25, 0.3) is 0 Å². The van der Waals surface area contributed by atoms with Crippen LogP contribution in [0, 0.1) is 6.92 Å². The maximum absolute atomic E-state index is 4.88. The van der Waals surface area contributed by atoms with Gasteiger partial charge in [-0.25, -0.2) is 4.98 Å². The van der Waals surface area contributed by atoms with Crippen molar-refractivity contribution < 1.29 is 0 Å². The van der Waals surface area contributed by atoms with Crippen LogP contribution in [0.4, 0.5) is 0 Å². The van der Waals surface area contributed by atoms with E-state index in [9.17, 15) is 0 Å². The highest BCUT2D eigenvalue weighted by Gasteiger charge is 2.19. The van der Waals surface area contributed by atoms with Crippen LogP contribution in [0.25, 0.3) is 60.6 Å². The van der Waals surface area contributed by atoms with E-state index in [2.05, 4.69) is 107 Å². The Morgan fingerprint density at radius 3 is 1.81 bits per heavy atom. The Morgan fingerprint density at radius 2 is 1.14 bits per heavy atom. The van der Waals surface area contributed by atoms with E-state index in [0.717, 1.165) is 28.1 Å². The van der Waals surface area contributed by atoms with Gasteiger partial charge in [-0.2, -0.15) is 0 Å². The molecule has 7 aromatic rings. The average molecular weight is 462 g/mol. The summed E-state index contributed by atoms with van der Waals surface area (Å²) in [5.74, 6) is 0.985. The second-order valence-electron chi connectivity index (χ2n) is 9.09. The molecule has 0 saturated heterocycles. The first-order chi connectivity index (χ1) is 17.8. The van der Waals surface area contributed by atoms with Gasteiger partial charge in [-0.05, 0) is 53.1 Å². The third-order valence-corrected chi connectivity index (χ3v) is 6.99. The Balaban J connectivity index is 1.55. The normalized spacial score (nSPS) is 11.5. The second-order valence-corrected chi connectivity index (χ2v) is 9.09. The molecule has 3 nitrogen and oxygen atoms in total. The van der Waals surface area contributed by atoms with E-state index < -0.39 is 0 Å². The Labute approximate surface area is 209 Å². The zero-order chi connectivity index (χ0) is 24.1. The van der Waals surface area contributed by atoms with Crippen LogP contribution >= 0.6 is 0 Å². The van der Waals surface area contributed by atoms with Crippen LogP contribution in [0.1, 0.15) is 5.82 Å². The van der Waals surface area contributed by atoms with E-state index in [1.807, 2.05) is 30.5 Å². The molecule has 0 aliphatic carbocycles. The molecule has 0 fully saturated rings. The minimum Gasteiger partial charge on any atom is -0.295 e. The summed E-state index contributed by atoms with van der Waals surface area (Å²) in [6.45, 7) is 2.09. The van der Waals surface area contributed by atoms with Gasteiger partial charge in [0, 0.05) is 22.5 Å². The van der Waals surface area contributed by atoms with Crippen molar-refractivity contribution in [2.75, 3.05) is 0 Å². The highest BCUT2D eigenvalue weighted by Crippen LogP contribution is 2.42. The molecule has 3 heteroatoms. The maximum Gasteiger partial charge on any atom is 0.111 e. The summed E-state index contributed by atoms with van der Waals surface area (Å²) in [4.78, 5) is 9.39. The van der Waals surface area contributed by atoms with Crippen LogP contribution in [-0.2, 0) is 0 Å². The lowest BCUT2D eigenvalue weighted by Gasteiger charge is -2.19. The number of para-hydroxylation sites is 2. The number of aromatic nitrogens is 3. The fourth-order valence-corrected chi connectivity index (χ4v) is 5.43. The zero-order valence-corrected chi connectivity index (χ0v) is 19.9. The Kier molecular flexibility index (Phi) is 4.68.